The van der Waals surface area contributed by atoms with Crippen molar-refractivity contribution >= 4 is 15.7 Å². The second-order valence-electron chi connectivity index (χ2n) is 8.30. The molecular weight excluding hydrogens is 376 g/mol. The highest BCUT2D eigenvalue weighted by atomic mass is 32.2. The van der Waals surface area contributed by atoms with E-state index in [1.54, 1.807) is 18.5 Å². The van der Waals surface area contributed by atoms with Crippen LogP contribution in [0.3, 0.4) is 0 Å². The molecule has 3 rings (SSSR count). The van der Waals surface area contributed by atoms with E-state index in [2.05, 4.69) is 15.0 Å². The summed E-state index contributed by atoms with van der Waals surface area (Å²) in [5.41, 5.74) is 0.735. The number of likely N-dealkylation sites (tertiary alicyclic amines) is 1. The van der Waals surface area contributed by atoms with Crippen LogP contribution >= 0.6 is 0 Å². The predicted molar refractivity (Wildman–Crippen MR) is 106 cm³/mol. The average molecular weight is 403 g/mol. The van der Waals surface area contributed by atoms with Crippen molar-refractivity contribution in [2.24, 2.45) is 5.41 Å². The lowest BCUT2D eigenvalue weighted by molar-refractivity contribution is -0.140. The summed E-state index contributed by atoms with van der Waals surface area (Å²) < 4.78 is 24.7. The van der Waals surface area contributed by atoms with Gasteiger partial charge in [0.15, 0.2) is 15.7 Å². The normalized spacial score (nSPS) is 18.1. The molecule has 1 saturated heterocycles. The summed E-state index contributed by atoms with van der Waals surface area (Å²) in [7, 11) is -3.49. The first-order valence-electron chi connectivity index (χ1n) is 9.34. The first kappa shape index (κ1) is 20.4. The molecule has 0 aromatic carbocycles. The zero-order valence-electron chi connectivity index (χ0n) is 16.7. The number of carbonyl (C=O) groups excluding carboxylic acids is 1. The number of rotatable bonds is 3. The molecule has 0 radical (unpaired) electrons. The Morgan fingerprint density at radius 1 is 1.25 bits per heavy atom. The van der Waals surface area contributed by atoms with E-state index >= 15 is 0 Å². The minimum absolute atomic E-state index is 0.0691. The van der Waals surface area contributed by atoms with E-state index in [1.165, 1.54) is 12.5 Å². The Balaban J connectivity index is 2.02. The third-order valence-electron chi connectivity index (χ3n) is 4.84. The molecule has 2 aromatic heterocycles. The second kappa shape index (κ2) is 7.58. The second-order valence-corrected chi connectivity index (χ2v) is 10.3. The van der Waals surface area contributed by atoms with E-state index in [4.69, 9.17) is 0 Å². The fraction of sp³-hybridized carbons (Fsp3) is 0.500. The number of pyridine rings is 1. The number of hydrogen-bond acceptors (Lipinski definition) is 6. The monoisotopic (exact) mass is 402 g/mol. The van der Waals surface area contributed by atoms with Gasteiger partial charge in [0.1, 0.15) is 4.90 Å². The molecule has 2 aromatic rings. The van der Waals surface area contributed by atoms with Crippen LogP contribution in [0, 0.1) is 5.41 Å². The molecule has 3 heterocycles. The number of sulfone groups is 1. The van der Waals surface area contributed by atoms with Crippen LogP contribution in [0.25, 0.3) is 11.4 Å². The van der Waals surface area contributed by atoms with Gasteiger partial charge in [0, 0.05) is 54.8 Å². The van der Waals surface area contributed by atoms with E-state index < -0.39 is 15.3 Å². The van der Waals surface area contributed by atoms with E-state index in [0.717, 1.165) is 18.4 Å². The molecule has 1 aliphatic heterocycles. The molecule has 0 saturated carbocycles. The van der Waals surface area contributed by atoms with Gasteiger partial charge >= 0.3 is 0 Å². The Hall–Kier alpha value is -2.35. The smallest absolute Gasteiger partial charge is 0.227 e. The standard InChI is InChI=1S/C20H26N4O3S/c1-20(2,3)19(25)24-10-6-8-15(13-24)17-16(28(4,26)27)12-22-18(23-17)14-7-5-9-21-11-14/h5,7,9,11-12,15H,6,8,10,13H2,1-4H3. The molecule has 1 fully saturated rings. The first-order chi connectivity index (χ1) is 13.1. The summed E-state index contributed by atoms with van der Waals surface area (Å²) in [6.07, 6.45) is 7.44. The quantitative estimate of drug-likeness (QED) is 0.784. The van der Waals surface area contributed by atoms with E-state index in [1.807, 2.05) is 31.7 Å². The largest absolute Gasteiger partial charge is 0.342 e. The lowest BCUT2D eigenvalue weighted by Crippen LogP contribution is -2.45. The van der Waals surface area contributed by atoms with Crippen molar-refractivity contribution < 1.29 is 13.2 Å². The molecule has 1 aliphatic rings. The van der Waals surface area contributed by atoms with Crippen molar-refractivity contribution in [2.75, 3.05) is 19.3 Å². The first-order valence-corrected chi connectivity index (χ1v) is 11.2. The molecule has 8 heteroatoms. The number of aromatic nitrogens is 3. The van der Waals surface area contributed by atoms with Gasteiger partial charge in [-0.25, -0.2) is 18.4 Å². The zero-order chi connectivity index (χ0) is 20.5. The van der Waals surface area contributed by atoms with Gasteiger partial charge in [-0.2, -0.15) is 0 Å². The Bertz CT molecular complexity index is 969. The Morgan fingerprint density at radius 2 is 2.00 bits per heavy atom. The van der Waals surface area contributed by atoms with Gasteiger partial charge in [-0.05, 0) is 25.0 Å². The number of piperidine rings is 1. The highest BCUT2D eigenvalue weighted by Crippen LogP contribution is 2.32. The Labute approximate surface area is 166 Å². The summed E-state index contributed by atoms with van der Waals surface area (Å²) in [5.74, 6) is 0.359. The SMILES string of the molecule is CC(C)(C)C(=O)N1CCCC(c2nc(-c3cccnc3)ncc2S(C)(=O)=O)C1. The van der Waals surface area contributed by atoms with E-state index in [-0.39, 0.29) is 16.7 Å². The minimum atomic E-state index is -3.49. The summed E-state index contributed by atoms with van der Waals surface area (Å²) in [6.45, 7) is 6.83. The van der Waals surface area contributed by atoms with E-state index in [0.29, 0.717) is 24.6 Å². The van der Waals surface area contributed by atoms with Crippen molar-refractivity contribution in [1.82, 2.24) is 19.9 Å². The van der Waals surface area contributed by atoms with Crippen LogP contribution in [-0.2, 0) is 14.6 Å². The molecular formula is C20H26N4O3S. The maximum atomic E-state index is 12.7. The highest BCUT2D eigenvalue weighted by Gasteiger charge is 2.34. The van der Waals surface area contributed by atoms with Crippen molar-refractivity contribution in [1.29, 1.82) is 0 Å². The fourth-order valence-electron chi connectivity index (χ4n) is 3.46. The van der Waals surface area contributed by atoms with Crippen LogP contribution in [0.1, 0.15) is 45.2 Å². The van der Waals surface area contributed by atoms with Crippen molar-refractivity contribution in [3.8, 4) is 11.4 Å². The lowest BCUT2D eigenvalue weighted by Gasteiger charge is -2.36. The number of nitrogens with zero attached hydrogens (tertiary/aromatic N) is 4. The minimum Gasteiger partial charge on any atom is -0.342 e. The number of carbonyl (C=O) groups is 1. The summed E-state index contributed by atoms with van der Waals surface area (Å²) >= 11 is 0. The van der Waals surface area contributed by atoms with Crippen LogP contribution in [0.15, 0.2) is 35.6 Å². The van der Waals surface area contributed by atoms with Gasteiger partial charge in [-0.1, -0.05) is 20.8 Å². The lowest BCUT2D eigenvalue weighted by atomic mass is 9.90. The molecule has 0 aliphatic carbocycles. The zero-order valence-corrected chi connectivity index (χ0v) is 17.5. The Morgan fingerprint density at radius 3 is 2.61 bits per heavy atom. The summed E-state index contributed by atoms with van der Waals surface area (Å²) in [5, 5.41) is 0. The number of hydrogen-bond donors (Lipinski definition) is 0. The van der Waals surface area contributed by atoms with Crippen LogP contribution in [0.2, 0.25) is 0 Å². The highest BCUT2D eigenvalue weighted by molar-refractivity contribution is 7.90. The molecule has 1 amide bonds. The van der Waals surface area contributed by atoms with Gasteiger partial charge in [0.05, 0.1) is 5.69 Å². The van der Waals surface area contributed by atoms with Crippen molar-refractivity contribution in [3.63, 3.8) is 0 Å². The molecule has 0 bridgehead atoms. The molecule has 0 spiro atoms. The van der Waals surface area contributed by atoms with Crippen LogP contribution in [0.4, 0.5) is 0 Å². The average Bonchev–Trinajstić information content (AvgIpc) is 2.66. The molecule has 1 unspecified atom stereocenters. The maximum absolute atomic E-state index is 12.7. The van der Waals surface area contributed by atoms with Crippen molar-refractivity contribution in [3.05, 3.63) is 36.4 Å². The Kier molecular flexibility index (Phi) is 5.52. The third-order valence-corrected chi connectivity index (χ3v) is 5.95. The van der Waals surface area contributed by atoms with Crippen LogP contribution in [-0.4, -0.2) is 53.5 Å². The number of amides is 1. The third kappa shape index (κ3) is 4.38. The van der Waals surface area contributed by atoms with Crippen molar-refractivity contribution in [2.45, 2.75) is 44.4 Å². The summed E-state index contributed by atoms with van der Waals surface area (Å²) in [4.78, 5) is 27.7. The maximum Gasteiger partial charge on any atom is 0.227 e. The van der Waals surface area contributed by atoms with Gasteiger partial charge in [0.25, 0.3) is 0 Å². The van der Waals surface area contributed by atoms with E-state index in [9.17, 15) is 13.2 Å². The van der Waals surface area contributed by atoms with Gasteiger partial charge < -0.3 is 4.90 Å². The van der Waals surface area contributed by atoms with Crippen LogP contribution in [0.5, 0.6) is 0 Å². The molecule has 0 N–H and O–H groups in total. The predicted octanol–water partition coefficient (Wildman–Crippen LogP) is 2.69. The molecule has 1 atom stereocenters. The topological polar surface area (TPSA) is 93.1 Å². The van der Waals surface area contributed by atoms with Gasteiger partial charge in [-0.15, -0.1) is 0 Å². The van der Waals surface area contributed by atoms with Crippen LogP contribution < -0.4 is 0 Å². The molecule has 150 valence electrons. The molecule has 28 heavy (non-hydrogen) atoms. The summed E-state index contributed by atoms with van der Waals surface area (Å²) in [6, 6.07) is 3.62. The molecule has 7 nitrogen and oxygen atoms in total. The van der Waals surface area contributed by atoms with Gasteiger partial charge in [0.2, 0.25) is 5.91 Å². The fourth-order valence-corrected chi connectivity index (χ4v) is 4.29. The van der Waals surface area contributed by atoms with Gasteiger partial charge in [-0.3, -0.25) is 9.78 Å².